The van der Waals surface area contributed by atoms with Crippen molar-refractivity contribution in [2.24, 2.45) is 0 Å². The van der Waals surface area contributed by atoms with Gasteiger partial charge in [-0.25, -0.2) is 0 Å². The second-order valence-electron chi connectivity index (χ2n) is 11.1. The highest BCUT2D eigenvalue weighted by molar-refractivity contribution is 5.98. The maximum Gasteiger partial charge on any atom is 0.253 e. The molecule has 0 aliphatic carbocycles. The van der Waals surface area contributed by atoms with Gasteiger partial charge < -0.3 is 15.0 Å². The van der Waals surface area contributed by atoms with Crippen LogP contribution in [-0.4, -0.2) is 78.4 Å². The molecule has 5 rings (SSSR count). The summed E-state index contributed by atoms with van der Waals surface area (Å²) in [5, 5.41) is 12.1. The van der Waals surface area contributed by atoms with Crippen molar-refractivity contribution in [2.75, 3.05) is 45.9 Å². The minimum Gasteiger partial charge on any atom is -0.494 e. The van der Waals surface area contributed by atoms with Crippen molar-refractivity contribution >= 4 is 11.8 Å². The molecule has 8 nitrogen and oxygen atoms in total. The molecule has 0 atom stereocenters. The first-order valence-electron chi connectivity index (χ1n) is 14.9. The molecule has 3 aromatic carbocycles. The summed E-state index contributed by atoms with van der Waals surface area (Å²) < 4.78 is 5.53. The van der Waals surface area contributed by atoms with Gasteiger partial charge in [0.2, 0.25) is 0 Å². The topological polar surface area (TPSA) is 88.9 Å². The second kappa shape index (κ2) is 14.1. The van der Waals surface area contributed by atoms with Crippen LogP contribution in [0.2, 0.25) is 0 Å². The van der Waals surface area contributed by atoms with Crippen LogP contribution in [0.3, 0.4) is 0 Å². The molecule has 0 aromatic heterocycles. The Morgan fingerprint density at radius 3 is 1.90 bits per heavy atom. The number of hydrogen-bond acceptors (Lipinski definition) is 6. The van der Waals surface area contributed by atoms with E-state index in [0.717, 1.165) is 57.9 Å². The maximum atomic E-state index is 13.1. The number of carbonyl (C=O) groups is 2. The highest BCUT2D eigenvalue weighted by atomic mass is 16.5. The van der Waals surface area contributed by atoms with Crippen LogP contribution in [0.1, 0.15) is 57.2 Å². The summed E-state index contributed by atoms with van der Waals surface area (Å²) in [6.07, 6.45) is 1.78. The van der Waals surface area contributed by atoms with Crippen molar-refractivity contribution in [3.8, 4) is 11.8 Å². The van der Waals surface area contributed by atoms with Crippen LogP contribution >= 0.6 is 0 Å². The van der Waals surface area contributed by atoms with E-state index in [1.165, 1.54) is 11.1 Å². The fraction of sp³-hybridized carbons (Fsp3) is 0.382. The molecule has 1 N–H and O–H groups in total. The summed E-state index contributed by atoms with van der Waals surface area (Å²) in [4.78, 5) is 32.7. The number of carbonyl (C=O) groups excluding carboxylic acids is 2. The van der Waals surface area contributed by atoms with Crippen LogP contribution in [-0.2, 0) is 13.1 Å². The van der Waals surface area contributed by atoms with Gasteiger partial charge in [-0.15, -0.1) is 0 Å². The summed E-state index contributed by atoms with van der Waals surface area (Å²) in [6, 6.07) is 25.3. The Kier molecular flexibility index (Phi) is 9.86. The minimum atomic E-state index is -0.0950. The quantitative estimate of drug-likeness (QED) is 0.416. The zero-order valence-electron chi connectivity index (χ0n) is 24.3. The Morgan fingerprint density at radius 2 is 1.33 bits per heavy atom. The number of likely N-dealkylation sites (tertiary alicyclic amines) is 1. The second-order valence-corrected chi connectivity index (χ2v) is 11.1. The Balaban J connectivity index is 1.04. The summed E-state index contributed by atoms with van der Waals surface area (Å²) in [5.41, 5.74) is 4.29. The fourth-order valence-electron chi connectivity index (χ4n) is 5.62. The number of piperazine rings is 1. The van der Waals surface area contributed by atoms with Gasteiger partial charge in [0.1, 0.15) is 5.75 Å². The van der Waals surface area contributed by atoms with Gasteiger partial charge in [-0.1, -0.05) is 24.3 Å². The standard InChI is InChI=1S/C34H39N5O3/c1-2-42-32-13-7-28(8-14-32)25-38-19-21-39(22-20-38)34(41)30-11-9-29(10-12-30)33(40)36-31-15-17-37(18-16-31)24-27-5-3-26(23-35)4-6-27/h3-14,31H,2,15-22,24-25H2,1H3,(H,36,40). The van der Waals surface area contributed by atoms with Crippen LogP contribution in [0.5, 0.6) is 5.75 Å². The molecule has 0 bridgehead atoms. The predicted molar refractivity (Wildman–Crippen MR) is 162 cm³/mol. The number of benzene rings is 3. The Labute approximate surface area is 248 Å². The molecule has 218 valence electrons. The number of nitriles is 1. The summed E-state index contributed by atoms with van der Waals surface area (Å²) in [7, 11) is 0. The van der Waals surface area contributed by atoms with Crippen molar-refractivity contribution in [3.05, 3.63) is 101 Å². The first-order valence-corrected chi connectivity index (χ1v) is 14.9. The fourth-order valence-corrected chi connectivity index (χ4v) is 5.62. The van der Waals surface area contributed by atoms with Crippen LogP contribution in [0, 0.1) is 11.3 Å². The average Bonchev–Trinajstić information content (AvgIpc) is 3.03. The molecular weight excluding hydrogens is 526 g/mol. The molecule has 2 saturated heterocycles. The molecule has 2 fully saturated rings. The van der Waals surface area contributed by atoms with E-state index < -0.39 is 0 Å². The monoisotopic (exact) mass is 565 g/mol. The molecule has 8 heteroatoms. The zero-order chi connectivity index (χ0) is 29.3. The van der Waals surface area contributed by atoms with Crippen molar-refractivity contribution in [3.63, 3.8) is 0 Å². The Bertz CT molecular complexity index is 1370. The highest BCUT2D eigenvalue weighted by Crippen LogP contribution is 2.18. The van der Waals surface area contributed by atoms with Crippen molar-refractivity contribution in [2.45, 2.75) is 38.9 Å². The van der Waals surface area contributed by atoms with E-state index in [1.807, 2.05) is 48.2 Å². The van der Waals surface area contributed by atoms with Crippen LogP contribution in [0.15, 0.2) is 72.8 Å². The van der Waals surface area contributed by atoms with E-state index in [9.17, 15) is 9.59 Å². The lowest BCUT2D eigenvalue weighted by atomic mass is 10.0. The molecule has 0 radical (unpaired) electrons. The number of ether oxygens (including phenoxy) is 1. The van der Waals surface area contributed by atoms with E-state index in [1.54, 1.807) is 24.3 Å². The van der Waals surface area contributed by atoms with Crippen LogP contribution in [0.4, 0.5) is 0 Å². The van der Waals surface area contributed by atoms with Crippen molar-refractivity contribution in [1.29, 1.82) is 5.26 Å². The first kappa shape index (κ1) is 29.3. The molecule has 0 unspecified atom stereocenters. The number of rotatable bonds is 9. The smallest absolute Gasteiger partial charge is 0.253 e. The van der Waals surface area contributed by atoms with E-state index in [-0.39, 0.29) is 17.9 Å². The maximum absolute atomic E-state index is 13.1. The molecule has 2 heterocycles. The number of nitrogens with zero attached hydrogens (tertiary/aromatic N) is 4. The van der Waals surface area contributed by atoms with Crippen molar-refractivity contribution in [1.82, 2.24) is 20.0 Å². The Hall–Kier alpha value is -4.19. The molecule has 2 aliphatic rings. The van der Waals surface area contributed by atoms with E-state index >= 15 is 0 Å². The number of hydrogen-bond donors (Lipinski definition) is 1. The van der Waals surface area contributed by atoms with Gasteiger partial charge in [0.25, 0.3) is 11.8 Å². The van der Waals surface area contributed by atoms with Gasteiger partial charge in [-0.05, 0) is 79.4 Å². The molecule has 0 saturated carbocycles. The van der Waals surface area contributed by atoms with E-state index in [4.69, 9.17) is 10.00 Å². The number of nitrogens with one attached hydrogen (secondary N) is 1. The van der Waals surface area contributed by atoms with E-state index in [2.05, 4.69) is 33.3 Å². The number of piperidine rings is 1. The van der Waals surface area contributed by atoms with E-state index in [0.29, 0.717) is 36.4 Å². The molecule has 42 heavy (non-hydrogen) atoms. The molecular formula is C34H39N5O3. The van der Waals surface area contributed by atoms with Gasteiger partial charge in [-0.3, -0.25) is 19.4 Å². The largest absolute Gasteiger partial charge is 0.494 e. The third-order valence-corrected chi connectivity index (χ3v) is 8.11. The summed E-state index contributed by atoms with van der Waals surface area (Å²) in [6.45, 7) is 9.18. The molecule has 3 aromatic rings. The lowest BCUT2D eigenvalue weighted by Crippen LogP contribution is -2.48. The third kappa shape index (κ3) is 7.75. The minimum absolute atomic E-state index is 0.0114. The Morgan fingerprint density at radius 1 is 0.786 bits per heavy atom. The lowest BCUT2D eigenvalue weighted by molar-refractivity contribution is 0.0628. The van der Waals surface area contributed by atoms with Gasteiger partial charge >= 0.3 is 0 Å². The van der Waals surface area contributed by atoms with Gasteiger partial charge in [0, 0.05) is 69.5 Å². The lowest BCUT2D eigenvalue weighted by Gasteiger charge is -2.34. The van der Waals surface area contributed by atoms with Crippen molar-refractivity contribution < 1.29 is 14.3 Å². The highest BCUT2D eigenvalue weighted by Gasteiger charge is 2.24. The van der Waals surface area contributed by atoms with Crippen LogP contribution < -0.4 is 10.1 Å². The SMILES string of the molecule is CCOc1ccc(CN2CCN(C(=O)c3ccc(C(=O)NC4CCN(Cc5ccc(C#N)cc5)CC4)cc3)CC2)cc1. The first-order chi connectivity index (χ1) is 20.5. The number of amides is 2. The molecule has 2 amide bonds. The van der Waals surface area contributed by atoms with Crippen LogP contribution in [0.25, 0.3) is 0 Å². The molecule has 2 aliphatic heterocycles. The summed E-state index contributed by atoms with van der Waals surface area (Å²) >= 11 is 0. The zero-order valence-corrected chi connectivity index (χ0v) is 24.3. The van der Waals surface area contributed by atoms with Gasteiger partial charge in [0.15, 0.2) is 0 Å². The molecule has 0 spiro atoms. The van der Waals surface area contributed by atoms with Gasteiger partial charge in [0.05, 0.1) is 18.2 Å². The van der Waals surface area contributed by atoms with Gasteiger partial charge in [-0.2, -0.15) is 5.26 Å². The normalized spacial score (nSPS) is 16.5. The summed E-state index contributed by atoms with van der Waals surface area (Å²) in [5.74, 6) is 0.803. The third-order valence-electron chi connectivity index (χ3n) is 8.11. The average molecular weight is 566 g/mol. The predicted octanol–water partition coefficient (Wildman–Crippen LogP) is 4.31.